The van der Waals surface area contributed by atoms with Gasteiger partial charge < -0.3 is 15.5 Å². The molecule has 1 saturated heterocycles. The summed E-state index contributed by atoms with van der Waals surface area (Å²) in [7, 11) is 3.18. The van der Waals surface area contributed by atoms with Crippen LogP contribution in [0.5, 0.6) is 0 Å². The van der Waals surface area contributed by atoms with Crippen molar-refractivity contribution in [2.45, 2.75) is 32.0 Å². The van der Waals surface area contributed by atoms with Gasteiger partial charge in [-0.25, -0.2) is 0 Å². The highest BCUT2D eigenvalue weighted by Gasteiger charge is 2.28. The number of guanidine groups is 1. The number of nitrogens with one attached hydrogen (secondary N) is 2. The first-order chi connectivity index (χ1) is 10.7. The Morgan fingerprint density at radius 1 is 1.46 bits per heavy atom. The average molecular weight is 465 g/mol. The molecule has 1 atom stereocenters. The predicted molar refractivity (Wildman–Crippen MR) is 98.7 cm³/mol. The summed E-state index contributed by atoms with van der Waals surface area (Å²) >= 11 is 0. The van der Waals surface area contributed by atoms with Crippen molar-refractivity contribution in [2.75, 3.05) is 46.8 Å². The highest BCUT2D eigenvalue weighted by Crippen LogP contribution is 2.15. The molecule has 6 nitrogen and oxygen atoms in total. The fourth-order valence-corrected chi connectivity index (χ4v) is 2.36. The summed E-state index contributed by atoms with van der Waals surface area (Å²) in [5.41, 5.74) is 0. The number of piperidine rings is 1. The molecule has 24 heavy (non-hydrogen) atoms. The first-order valence-corrected chi connectivity index (χ1v) is 7.75. The lowest BCUT2D eigenvalue weighted by molar-refractivity contribution is -0.142. The molecule has 0 radical (unpaired) electrons. The maximum atomic E-state index is 12.3. The molecule has 0 saturated carbocycles. The predicted octanol–water partition coefficient (Wildman–Crippen LogP) is 1.27. The van der Waals surface area contributed by atoms with Crippen molar-refractivity contribution in [3.05, 3.63) is 0 Å². The molecule has 1 fully saturated rings. The minimum Gasteiger partial charge on any atom is -0.357 e. The van der Waals surface area contributed by atoms with E-state index in [0.29, 0.717) is 25.5 Å². The molecule has 0 aromatic rings. The van der Waals surface area contributed by atoms with Gasteiger partial charge >= 0.3 is 6.18 Å². The summed E-state index contributed by atoms with van der Waals surface area (Å²) in [5, 5.41) is 6.31. The Bertz CT molecular complexity index is 420. The zero-order valence-electron chi connectivity index (χ0n) is 14.3. The van der Waals surface area contributed by atoms with Gasteiger partial charge in [0, 0.05) is 39.1 Å². The Morgan fingerprint density at radius 3 is 2.67 bits per heavy atom. The normalized spacial score (nSPS) is 19.3. The Morgan fingerprint density at radius 2 is 2.12 bits per heavy atom. The fourth-order valence-electron chi connectivity index (χ4n) is 2.36. The third kappa shape index (κ3) is 9.50. The van der Waals surface area contributed by atoms with E-state index in [4.69, 9.17) is 0 Å². The zero-order valence-corrected chi connectivity index (χ0v) is 16.6. The van der Waals surface area contributed by atoms with E-state index in [2.05, 4.69) is 15.6 Å². The molecule has 10 heteroatoms. The van der Waals surface area contributed by atoms with Gasteiger partial charge in [-0.3, -0.25) is 14.7 Å². The van der Waals surface area contributed by atoms with Crippen LogP contribution in [0, 0.1) is 0 Å². The summed E-state index contributed by atoms with van der Waals surface area (Å²) in [6, 6.07) is 0.100. The van der Waals surface area contributed by atoms with Crippen LogP contribution in [-0.4, -0.2) is 80.7 Å². The van der Waals surface area contributed by atoms with Crippen molar-refractivity contribution in [2.24, 2.45) is 4.99 Å². The summed E-state index contributed by atoms with van der Waals surface area (Å²) in [6.07, 6.45) is -2.98. The largest absolute Gasteiger partial charge is 0.401 e. The van der Waals surface area contributed by atoms with Crippen LogP contribution in [0.25, 0.3) is 0 Å². The van der Waals surface area contributed by atoms with E-state index in [1.165, 1.54) is 11.9 Å². The minimum absolute atomic E-state index is 0. The van der Waals surface area contributed by atoms with Gasteiger partial charge in [-0.05, 0) is 20.4 Å². The average Bonchev–Trinajstić information content (AvgIpc) is 2.41. The van der Waals surface area contributed by atoms with Gasteiger partial charge in [-0.15, -0.1) is 24.0 Å². The molecule has 0 spiro atoms. The van der Waals surface area contributed by atoms with Crippen LogP contribution in [0.3, 0.4) is 0 Å². The molecule has 2 N–H and O–H groups in total. The third-order valence-corrected chi connectivity index (χ3v) is 3.51. The molecular weight excluding hydrogens is 438 g/mol. The highest BCUT2D eigenvalue weighted by molar-refractivity contribution is 14.0. The number of amides is 1. The first kappa shape index (κ1) is 23.2. The fraction of sp³-hybridized carbons (Fsp3) is 0.857. The summed E-state index contributed by atoms with van der Waals surface area (Å²) in [6.45, 7) is 2.72. The van der Waals surface area contributed by atoms with Gasteiger partial charge in [0.05, 0.1) is 13.1 Å². The molecular formula is C14H27F3IN5O. The van der Waals surface area contributed by atoms with Crippen LogP contribution >= 0.6 is 24.0 Å². The standard InChI is InChI=1S/C14H26F3N5O.HI/c1-4-18-13(19-7-8-21(2)10-14(15,16)17)20-11-5-6-12(23)22(3)9-11;/h11H,4-10H2,1-3H3,(H2,18,19,20);1H. The number of carbonyl (C=O) groups is 1. The molecule has 1 heterocycles. The second-order valence-electron chi connectivity index (χ2n) is 5.77. The lowest BCUT2D eigenvalue weighted by Gasteiger charge is -2.31. The van der Waals surface area contributed by atoms with Crippen molar-refractivity contribution < 1.29 is 18.0 Å². The molecule has 1 aliphatic heterocycles. The molecule has 0 bridgehead atoms. The number of nitrogens with zero attached hydrogens (tertiary/aromatic N) is 3. The lowest BCUT2D eigenvalue weighted by atomic mass is 10.1. The van der Waals surface area contributed by atoms with Crippen LogP contribution in [0.1, 0.15) is 19.8 Å². The van der Waals surface area contributed by atoms with E-state index < -0.39 is 12.7 Å². The Hall–Kier alpha value is -0.780. The monoisotopic (exact) mass is 465 g/mol. The number of likely N-dealkylation sites (tertiary alicyclic amines) is 1. The number of alkyl halides is 3. The van der Waals surface area contributed by atoms with Crippen molar-refractivity contribution >= 4 is 35.8 Å². The number of hydrogen-bond acceptors (Lipinski definition) is 3. The molecule has 1 amide bonds. The Labute approximate surface area is 158 Å². The van der Waals surface area contributed by atoms with Crippen LogP contribution in [0.2, 0.25) is 0 Å². The smallest absolute Gasteiger partial charge is 0.357 e. The van der Waals surface area contributed by atoms with E-state index in [1.54, 1.807) is 11.9 Å². The van der Waals surface area contributed by atoms with Crippen molar-refractivity contribution in [3.63, 3.8) is 0 Å². The van der Waals surface area contributed by atoms with Gasteiger partial charge in [0.15, 0.2) is 5.96 Å². The number of hydrogen-bond donors (Lipinski definition) is 2. The van der Waals surface area contributed by atoms with Gasteiger partial charge in [0.25, 0.3) is 0 Å². The topological polar surface area (TPSA) is 60.0 Å². The molecule has 142 valence electrons. The highest BCUT2D eigenvalue weighted by atomic mass is 127. The van der Waals surface area contributed by atoms with Crippen molar-refractivity contribution in [1.29, 1.82) is 0 Å². The van der Waals surface area contributed by atoms with Crippen LogP contribution in [-0.2, 0) is 4.79 Å². The van der Waals surface area contributed by atoms with E-state index in [1.807, 2.05) is 6.92 Å². The Balaban J connectivity index is 0.00000529. The van der Waals surface area contributed by atoms with E-state index in [9.17, 15) is 18.0 Å². The van der Waals surface area contributed by atoms with Crippen LogP contribution < -0.4 is 10.6 Å². The number of carbonyl (C=O) groups excluding carboxylic acids is 1. The summed E-state index contributed by atoms with van der Waals surface area (Å²) in [4.78, 5) is 18.6. The second kappa shape index (κ2) is 11.0. The van der Waals surface area contributed by atoms with E-state index in [0.717, 1.165) is 6.42 Å². The van der Waals surface area contributed by atoms with Gasteiger partial charge in [0.2, 0.25) is 5.91 Å². The number of rotatable bonds is 6. The van der Waals surface area contributed by atoms with Gasteiger partial charge in [0.1, 0.15) is 0 Å². The number of likely N-dealkylation sites (N-methyl/N-ethyl adjacent to an activating group) is 2. The van der Waals surface area contributed by atoms with E-state index in [-0.39, 0.29) is 49.0 Å². The summed E-state index contributed by atoms with van der Waals surface area (Å²) in [5.74, 6) is 0.694. The first-order valence-electron chi connectivity index (χ1n) is 7.75. The van der Waals surface area contributed by atoms with Crippen LogP contribution in [0.15, 0.2) is 4.99 Å². The molecule has 0 aromatic carbocycles. The Kier molecular flexibility index (Phi) is 10.6. The maximum absolute atomic E-state index is 12.3. The quantitative estimate of drug-likeness (QED) is 0.353. The molecule has 1 aliphatic rings. The summed E-state index contributed by atoms with van der Waals surface area (Å²) < 4.78 is 36.8. The SMILES string of the molecule is CCNC(=NCCN(C)CC(F)(F)F)NC1CCC(=O)N(C)C1.I. The zero-order chi connectivity index (χ0) is 17.5. The molecule has 0 aliphatic carbocycles. The molecule has 1 unspecified atom stereocenters. The molecule has 1 rings (SSSR count). The minimum atomic E-state index is -4.19. The molecule has 0 aromatic heterocycles. The van der Waals surface area contributed by atoms with Gasteiger partial charge in [-0.1, -0.05) is 0 Å². The van der Waals surface area contributed by atoms with E-state index >= 15 is 0 Å². The lowest BCUT2D eigenvalue weighted by Crippen LogP contribution is -2.51. The van der Waals surface area contributed by atoms with Crippen molar-refractivity contribution in [3.8, 4) is 0 Å². The number of halogens is 4. The third-order valence-electron chi connectivity index (χ3n) is 3.51. The van der Waals surface area contributed by atoms with Gasteiger partial charge in [-0.2, -0.15) is 13.2 Å². The van der Waals surface area contributed by atoms with Crippen LogP contribution in [0.4, 0.5) is 13.2 Å². The number of aliphatic imine (C=N–C) groups is 1. The second-order valence-corrected chi connectivity index (χ2v) is 5.77. The maximum Gasteiger partial charge on any atom is 0.401 e. The van der Waals surface area contributed by atoms with Crippen molar-refractivity contribution in [1.82, 2.24) is 20.4 Å².